The van der Waals surface area contributed by atoms with Crippen LogP contribution in [0.4, 0.5) is 4.39 Å². The molecule has 2 aromatic carbocycles. The fourth-order valence-corrected chi connectivity index (χ4v) is 2.84. The first kappa shape index (κ1) is 22.2. The van der Waals surface area contributed by atoms with Crippen LogP contribution in [-0.2, 0) is 11.2 Å². The molecule has 0 saturated carbocycles. The lowest BCUT2D eigenvalue weighted by molar-refractivity contribution is -0.123. The maximum Gasteiger partial charge on any atom is 0.251 e. The second-order valence-corrected chi connectivity index (χ2v) is 6.93. The number of benzene rings is 2. The molecule has 0 spiro atoms. The van der Waals surface area contributed by atoms with Crippen LogP contribution in [-0.4, -0.2) is 38.6 Å². The third-order valence-electron chi connectivity index (χ3n) is 4.50. The van der Waals surface area contributed by atoms with E-state index in [4.69, 9.17) is 9.47 Å². The van der Waals surface area contributed by atoms with Crippen LogP contribution in [0.25, 0.3) is 0 Å². The number of nitrogens with one attached hydrogen (secondary N) is 2. The Balaban J connectivity index is 1.94. The van der Waals surface area contributed by atoms with E-state index >= 15 is 0 Å². The molecular formula is C22H27FN2O4. The van der Waals surface area contributed by atoms with Crippen molar-refractivity contribution >= 4 is 11.8 Å². The number of carbonyl (C=O) groups is 2. The molecule has 0 unspecified atom stereocenters. The molecule has 0 aliphatic heterocycles. The monoisotopic (exact) mass is 402 g/mol. The lowest BCUT2D eigenvalue weighted by Crippen LogP contribution is -2.50. The van der Waals surface area contributed by atoms with Crippen molar-refractivity contribution in [3.05, 3.63) is 59.4 Å². The van der Waals surface area contributed by atoms with Gasteiger partial charge in [0.25, 0.3) is 5.91 Å². The zero-order valence-electron chi connectivity index (χ0n) is 17.1. The number of rotatable bonds is 9. The van der Waals surface area contributed by atoms with Crippen LogP contribution in [0.3, 0.4) is 0 Å². The smallest absolute Gasteiger partial charge is 0.251 e. The van der Waals surface area contributed by atoms with E-state index in [1.807, 2.05) is 32.0 Å². The van der Waals surface area contributed by atoms with Gasteiger partial charge in [-0.3, -0.25) is 9.59 Å². The number of halogens is 1. The highest BCUT2D eigenvalue weighted by atomic mass is 19.1. The van der Waals surface area contributed by atoms with Crippen molar-refractivity contribution in [3.8, 4) is 11.5 Å². The van der Waals surface area contributed by atoms with E-state index in [1.165, 1.54) is 24.3 Å². The van der Waals surface area contributed by atoms with Gasteiger partial charge >= 0.3 is 0 Å². The molecule has 0 heterocycles. The zero-order valence-corrected chi connectivity index (χ0v) is 17.1. The summed E-state index contributed by atoms with van der Waals surface area (Å²) in [4.78, 5) is 25.0. The molecule has 2 aromatic rings. The Hall–Kier alpha value is -3.09. The summed E-state index contributed by atoms with van der Waals surface area (Å²) < 4.78 is 23.5. The maximum absolute atomic E-state index is 13.0. The van der Waals surface area contributed by atoms with E-state index in [0.29, 0.717) is 30.0 Å². The minimum absolute atomic E-state index is 0.111. The van der Waals surface area contributed by atoms with Gasteiger partial charge in [-0.2, -0.15) is 0 Å². The fourth-order valence-electron chi connectivity index (χ4n) is 2.84. The van der Waals surface area contributed by atoms with E-state index in [-0.39, 0.29) is 11.8 Å². The van der Waals surface area contributed by atoms with Gasteiger partial charge < -0.3 is 20.1 Å². The van der Waals surface area contributed by atoms with E-state index in [9.17, 15) is 14.0 Å². The van der Waals surface area contributed by atoms with Gasteiger partial charge in [0.1, 0.15) is 11.9 Å². The van der Waals surface area contributed by atoms with Crippen LogP contribution >= 0.6 is 0 Å². The van der Waals surface area contributed by atoms with Gasteiger partial charge in [-0.05, 0) is 54.3 Å². The maximum atomic E-state index is 13.0. The summed E-state index contributed by atoms with van der Waals surface area (Å²) in [5, 5.41) is 5.58. The first-order valence-corrected chi connectivity index (χ1v) is 9.40. The van der Waals surface area contributed by atoms with Gasteiger partial charge in [-0.25, -0.2) is 4.39 Å². The van der Waals surface area contributed by atoms with Crippen molar-refractivity contribution in [1.82, 2.24) is 10.6 Å². The van der Waals surface area contributed by atoms with Crippen molar-refractivity contribution in [2.75, 3.05) is 20.8 Å². The fraction of sp³-hybridized carbons (Fsp3) is 0.364. The average Bonchev–Trinajstić information content (AvgIpc) is 2.71. The minimum atomic E-state index is -0.696. The molecule has 2 N–H and O–H groups in total. The predicted octanol–water partition coefficient (Wildman–Crippen LogP) is 2.96. The van der Waals surface area contributed by atoms with Crippen LogP contribution < -0.4 is 20.1 Å². The molecule has 6 nitrogen and oxygen atoms in total. The molecule has 1 atom stereocenters. The van der Waals surface area contributed by atoms with Gasteiger partial charge in [-0.15, -0.1) is 0 Å². The number of carbonyl (C=O) groups excluding carboxylic acids is 2. The van der Waals surface area contributed by atoms with Crippen LogP contribution in [0.2, 0.25) is 0 Å². The topological polar surface area (TPSA) is 76.7 Å². The van der Waals surface area contributed by atoms with Crippen LogP contribution in [0.15, 0.2) is 42.5 Å². The highest BCUT2D eigenvalue weighted by molar-refractivity contribution is 5.97. The zero-order chi connectivity index (χ0) is 21.4. The van der Waals surface area contributed by atoms with E-state index in [2.05, 4.69) is 10.6 Å². The summed E-state index contributed by atoms with van der Waals surface area (Å²) in [5.74, 6) is 0.0524. The van der Waals surface area contributed by atoms with Crippen molar-refractivity contribution in [3.63, 3.8) is 0 Å². The van der Waals surface area contributed by atoms with Crippen molar-refractivity contribution in [2.24, 2.45) is 5.92 Å². The Morgan fingerprint density at radius 2 is 1.66 bits per heavy atom. The Morgan fingerprint density at radius 3 is 2.24 bits per heavy atom. The predicted molar refractivity (Wildman–Crippen MR) is 109 cm³/mol. The Morgan fingerprint density at radius 1 is 1.00 bits per heavy atom. The van der Waals surface area contributed by atoms with Gasteiger partial charge in [0, 0.05) is 12.1 Å². The molecule has 0 aliphatic carbocycles. The Labute approximate surface area is 170 Å². The van der Waals surface area contributed by atoms with E-state index < -0.39 is 17.8 Å². The quantitative estimate of drug-likeness (QED) is 0.676. The highest BCUT2D eigenvalue weighted by Crippen LogP contribution is 2.27. The third-order valence-corrected chi connectivity index (χ3v) is 4.50. The van der Waals surface area contributed by atoms with Crippen LogP contribution in [0.5, 0.6) is 11.5 Å². The lowest BCUT2D eigenvalue weighted by atomic mass is 10.0. The first-order valence-electron chi connectivity index (χ1n) is 9.40. The summed E-state index contributed by atoms with van der Waals surface area (Å²) in [6.07, 6.45) is 0.600. The molecule has 29 heavy (non-hydrogen) atoms. The summed E-state index contributed by atoms with van der Waals surface area (Å²) in [6, 6.07) is 10.1. The molecule has 0 bridgehead atoms. The molecule has 0 fully saturated rings. The lowest BCUT2D eigenvalue weighted by Gasteiger charge is -2.22. The second kappa shape index (κ2) is 10.5. The average molecular weight is 402 g/mol. The highest BCUT2D eigenvalue weighted by Gasteiger charge is 2.24. The normalized spacial score (nSPS) is 11.7. The number of hydrogen-bond acceptors (Lipinski definition) is 4. The van der Waals surface area contributed by atoms with Crippen LogP contribution in [0.1, 0.15) is 29.8 Å². The van der Waals surface area contributed by atoms with E-state index in [1.54, 1.807) is 14.2 Å². The standard InChI is InChI=1S/C22H27FN2O4/c1-14(2)20(25-21(26)16-6-8-17(23)9-7-16)22(27)24-12-11-15-5-10-18(28-3)19(13-15)29-4/h5-10,13-14,20H,11-12H2,1-4H3,(H,24,27)(H,25,26)/t20-/m0/s1. The first-order chi connectivity index (χ1) is 13.8. The SMILES string of the molecule is COc1ccc(CCNC(=O)[C@@H](NC(=O)c2ccc(F)cc2)C(C)C)cc1OC. The molecule has 7 heteroatoms. The van der Waals surface area contributed by atoms with Crippen molar-refractivity contribution in [2.45, 2.75) is 26.3 Å². The van der Waals surface area contributed by atoms with Crippen molar-refractivity contribution < 1.29 is 23.5 Å². The molecule has 2 rings (SSSR count). The molecule has 0 saturated heterocycles. The summed E-state index contributed by atoms with van der Waals surface area (Å²) >= 11 is 0. The minimum Gasteiger partial charge on any atom is -0.493 e. The van der Waals surface area contributed by atoms with Gasteiger partial charge in [0.15, 0.2) is 11.5 Å². The number of amides is 2. The van der Waals surface area contributed by atoms with E-state index in [0.717, 1.165) is 5.56 Å². The van der Waals surface area contributed by atoms with Gasteiger partial charge in [-0.1, -0.05) is 19.9 Å². The summed E-state index contributed by atoms with van der Waals surface area (Å²) in [6.45, 7) is 4.11. The molecular weight excluding hydrogens is 375 g/mol. The number of methoxy groups -OCH3 is 2. The number of ether oxygens (including phenoxy) is 2. The largest absolute Gasteiger partial charge is 0.493 e. The summed E-state index contributed by atoms with van der Waals surface area (Å²) in [7, 11) is 3.14. The summed E-state index contributed by atoms with van der Waals surface area (Å²) in [5.41, 5.74) is 1.29. The molecule has 0 aromatic heterocycles. The molecule has 2 amide bonds. The number of hydrogen-bond donors (Lipinski definition) is 2. The molecule has 156 valence electrons. The van der Waals surface area contributed by atoms with Crippen molar-refractivity contribution in [1.29, 1.82) is 0 Å². The molecule has 0 radical (unpaired) electrons. The van der Waals surface area contributed by atoms with Gasteiger partial charge in [0.05, 0.1) is 14.2 Å². The third kappa shape index (κ3) is 6.20. The van der Waals surface area contributed by atoms with Gasteiger partial charge in [0.2, 0.25) is 5.91 Å². The van der Waals surface area contributed by atoms with Crippen LogP contribution in [0, 0.1) is 11.7 Å². The molecule has 0 aliphatic rings. The Kier molecular flexibility index (Phi) is 8.00. The second-order valence-electron chi connectivity index (χ2n) is 6.93. The Bertz CT molecular complexity index is 837.